The fourth-order valence-corrected chi connectivity index (χ4v) is 3.68. The molecule has 22 heavy (non-hydrogen) atoms. The van der Waals surface area contributed by atoms with Crippen LogP contribution in [0.25, 0.3) is 11.0 Å². The molecule has 0 aliphatic rings. The van der Waals surface area contributed by atoms with Crippen LogP contribution >= 0.6 is 0 Å². The van der Waals surface area contributed by atoms with Gasteiger partial charge in [-0.05, 0) is 12.5 Å². The Morgan fingerprint density at radius 2 is 2.09 bits per heavy atom. The number of rotatable bonds is 6. The first-order valence-corrected chi connectivity index (χ1v) is 11.2. The van der Waals surface area contributed by atoms with E-state index in [1.54, 1.807) is 4.68 Å². The van der Waals surface area contributed by atoms with Crippen molar-refractivity contribution in [2.75, 3.05) is 7.11 Å². The van der Waals surface area contributed by atoms with E-state index >= 15 is 0 Å². The third-order valence-corrected chi connectivity index (χ3v) is 5.35. The molecule has 0 atom stereocenters. The fraction of sp³-hybridized carbons (Fsp3) is 0.533. The highest BCUT2D eigenvalue weighted by Gasteiger charge is 2.19. The number of fused-ring (bicyclic) bond motifs is 1. The summed E-state index contributed by atoms with van der Waals surface area (Å²) in [6.07, 6.45) is 3.50. The predicted molar refractivity (Wildman–Crippen MR) is 87.9 cm³/mol. The molecule has 0 fully saturated rings. The van der Waals surface area contributed by atoms with Crippen molar-refractivity contribution in [3.63, 3.8) is 0 Å². The lowest BCUT2D eigenvalue weighted by atomic mass is 10.2. The minimum Gasteiger partial charge on any atom is -0.506 e. The van der Waals surface area contributed by atoms with Crippen molar-refractivity contribution in [2.24, 2.45) is 0 Å². The zero-order chi connectivity index (χ0) is 16.3. The van der Waals surface area contributed by atoms with Crippen LogP contribution in [-0.2, 0) is 11.3 Å². The molecule has 2 aromatic rings. The average Bonchev–Trinajstić information content (AvgIpc) is 2.79. The zero-order valence-electron chi connectivity index (χ0n) is 13.6. The second-order valence-corrected chi connectivity index (χ2v) is 12.3. The number of nitrogens with zero attached hydrogens (tertiary/aromatic N) is 3. The second-order valence-electron chi connectivity index (χ2n) is 6.65. The number of carbonyl (C=O) groups excluding carboxylic acids is 1. The van der Waals surface area contributed by atoms with Crippen LogP contribution in [0.3, 0.4) is 0 Å². The molecule has 2 heterocycles. The number of aromatic nitrogens is 3. The molecule has 0 aromatic carbocycles. The minimum absolute atomic E-state index is 0.0101. The smallest absolute Gasteiger partial charge is 0.359 e. The van der Waals surface area contributed by atoms with Gasteiger partial charge in [0.05, 0.1) is 18.7 Å². The van der Waals surface area contributed by atoms with Crippen LogP contribution < -0.4 is 0 Å². The summed E-state index contributed by atoms with van der Waals surface area (Å²) in [5.74, 6) is -0.505. The third-order valence-electron chi connectivity index (χ3n) is 3.50. The van der Waals surface area contributed by atoms with Crippen LogP contribution in [0, 0.1) is 0 Å². The molecule has 0 saturated heterocycles. The summed E-state index contributed by atoms with van der Waals surface area (Å²) in [7, 11) is 0.289. The van der Waals surface area contributed by atoms with Crippen molar-refractivity contribution in [3.05, 3.63) is 18.0 Å². The lowest BCUT2D eigenvalue weighted by Crippen LogP contribution is -2.19. The number of ether oxygens (including phenoxy) is 1. The van der Waals surface area contributed by atoms with Gasteiger partial charge in [0.2, 0.25) is 0 Å². The standard InChI is InChI=1S/C15H23N3O3Si/c1-21-15(20)13-12-9-11(19)10-16-14(12)18(17-13)7-5-6-8-22(2,3)4/h9-10,19H,5-8H2,1-4H3. The highest BCUT2D eigenvalue weighted by atomic mass is 28.3. The van der Waals surface area contributed by atoms with Crippen molar-refractivity contribution in [3.8, 4) is 5.75 Å². The Bertz CT molecular complexity index is 676. The molecule has 0 spiro atoms. The van der Waals surface area contributed by atoms with Crippen LogP contribution in [-0.4, -0.2) is 41.0 Å². The molecule has 120 valence electrons. The van der Waals surface area contributed by atoms with Crippen LogP contribution in [0.5, 0.6) is 5.75 Å². The third kappa shape index (κ3) is 3.85. The van der Waals surface area contributed by atoms with Gasteiger partial charge in [-0.25, -0.2) is 14.5 Å². The second kappa shape index (κ2) is 6.47. The van der Waals surface area contributed by atoms with E-state index in [0.717, 1.165) is 12.8 Å². The molecule has 2 aromatic heterocycles. The van der Waals surface area contributed by atoms with E-state index in [-0.39, 0.29) is 11.4 Å². The number of aromatic hydroxyl groups is 1. The van der Waals surface area contributed by atoms with Crippen LogP contribution in [0.15, 0.2) is 12.3 Å². The Labute approximate surface area is 131 Å². The highest BCUT2D eigenvalue weighted by molar-refractivity contribution is 6.76. The summed E-state index contributed by atoms with van der Waals surface area (Å²) in [6.45, 7) is 7.78. The summed E-state index contributed by atoms with van der Waals surface area (Å²) in [5.41, 5.74) is 0.803. The van der Waals surface area contributed by atoms with Crippen molar-refractivity contribution < 1.29 is 14.6 Å². The van der Waals surface area contributed by atoms with E-state index < -0.39 is 14.0 Å². The SMILES string of the molecule is COC(=O)c1nn(CCCC[Si](C)(C)C)c2ncc(O)cc12. The van der Waals surface area contributed by atoms with Gasteiger partial charge in [0.15, 0.2) is 11.3 Å². The molecule has 7 heteroatoms. The minimum atomic E-state index is -1.03. The first kappa shape index (κ1) is 16.5. The molecular formula is C15H23N3O3Si. The van der Waals surface area contributed by atoms with E-state index in [1.807, 2.05) is 0 Å². The number of unbranched alkanes of at least 4 members (excludes halogenated alkanes) is 1. The number of methoxy groups -OCH3 is 1. The number of hydrogen-bond acceptors (Lipinski definition) is 5. The van der Waals surface area contributed by atoms with Crippen molar-refractivity contribution in [1.82, 2.24) is 14.8 Å². The lowest BCUT2D eigenvalue weighted by Gasteiger charge is -2.14. The number of pyridine rings is 1. The van der Waals surface area contributed by atoms with Crippen molar-refractivity contribution in [2.45, 2.75) is 45.1 Å². The molecule has 0 bridgehead atoms. The van der Waals surface area contributed by atoms with Gasteiger partial charge >= 0.3 is 5.97 Å². The van der Waals surface area contributed by atoms with Crippen LogP contribution in [0.1, 0.15) is 23.3 Å². The predicted octanol–water partition coefficient (Wildman–Crippen LogP) is 3.04. The maximum atomic E-state index is 11.8. The van der Waals surface area contributed by atoms with E-state index in [9.17, 15) is 9.90 Å². The first-order valence-electron chi connectivity index (χ1n) is 7.45. The highest BCUT2D eigenvalue weighted by Crippen LogP contribution is 2.22. The summed E-state index contributed by atoms with van der Waals surface area (Å²) in [4.78, 5) is 16.0. The van der Waals surface area contributed by atoms with Crippen molar-refractivity contribution >= 4 is 25.1 Å². The van der Waals surface area contributed by atoms with Gasteiger partial charge in [0.25, 0.3) is 0 Å². The van der Waals surface area contributed by atoms with Gasteiger partial charge in [-0.3, -0.25) is 0 Å². The zero-order valence-corrected chi connectivity index (χ0v) is 14.6. The fourth-order valence-electron chi connectivity index (χ4n) is 2.37. The monoisotopic (exact) mass is 321 g/mol. The van der Waals surface area contributed by atoms with Crippen LogP contribution in [0.4, 0.5) is 0 Å². The average molecular weight is 321 g/mol. The van der Waals surface area contributed by atoms with E-state index in [4.69, 9.17) is 4.74 Å². The Morgan fingerprint density at radius 3 is 2.73 bits per heavy atom. The summed E-state index contributed by atoms with van der Waals surface area (Å²) < 4.78 is 6.48. The van der Waals surface area contributed by atoms with Gasteiger partial charge in [0, 0.05) is 14.6 Å². The molecule has 0 radical (unpaired) electrons. The number of aryl methyl sites for hydroxylation is 1. The molecule has 0 aliphatic heterocycles. The van der Waals surface area contributed by atoms with Crippen molar-refractivity contribution in [1.29, 1.82) is 0 Å². The molecule has 0 amide bonds. The number of esters is 1. The topological polar surface area (TPSA) is 77.2 Å². The van der Waals surface area contributed by atoms with E-state index in [0.29, 0.717) is 17.6 Å². The van der Waals surface area contributed by atoms with Crippen LogP contribution in [0.2, 0.25) is 25.7 Å². The first-order chi connectivity index (χ1) is 10.3. The number of hydrogen-bond donors (Lipinski definition) is 1. The molecular weight excluding hydrogens is 298 g/mol. The van der Waals surface area contributed by atoms with E-state index in [1.165, 1.54) is 25.4 Å². The molecule has 1 N–H and O–H groups in total. The lowest BCUT2D eigenvalue weighted by molar-refractivity contribution is 0.0595. The van der Waals surface area contributed by atoms with Gasteiger partial charge in [-0.2, -0.15) is 5.10 Å². The normalized spacial score (nSPS) is 11.8. The summed E-state index contributed by atoms with van der Waals surface area (Å²) in [6, 6.07) is 2.77. The molecule has 0 aliphatic carbocycles. The van der Waals surface area contributed by atoms with E-state index in [2.05, 4.69) is 29.7 Å². The molecule has 0 saturated carbocycles. The Kier molecular flexibility index (Phi) is 4.85. The van der Waals surface area contributed by atoms with Gasteiger partial charge in [0.1, 0.15) is 5.75 Å². The number of carbonyl (C=O) groups is 1. The Morgan fingerprint density at radius 1 is 1.36 bits per heavy atom. The summed E-state index contributed by atoms with van der Waals surface area (Å²) in [5, 5.41) is 14.4. The Balaban J connectivity index is 2.21. The molecule has 0 unspecified atom stereocenters. The van der Waals surface area contributed by atoms with Gasteiger partial charge in [-0.15, -0.1) is 0 Å². The maximum absolute atomic E-state index is 11.8. The summed E-state index contributed by atoms with van der Waals surface area (Å²) >= 11 is 0. The Hall–Kier alpha value is -1.89. The van der Waals surface area contributed by atoms with Gasteiger partial charge < -0.3 is 9.84 Å². The van der Waals surface area contributed by atoms with Gasteiger partial charge in [-0.1, -0.05) is 32.1 Å². The quantitative estimate of drug-likeness (QED) is 0.503. The largest absolute Gasteiger partial charge is 0.506 e. The molecule has 2 rings (SSSR count). The molecule has 6 nitrogen and oxygen atoms in total. The maximum Gasteiger partial charge on any atom is 0.359 e.